The Labute approximate surface area is 149 Å². The molecule has 0 saturated heterocycles. The lowest BCUT2D eigenvalue weighted by Crippen LogP contribution is -3.05. The summed E-state index contributed by atoms with van der Waals surface area (Å²) in [5, 5.41) is 8.28. The van der Waals surface area contributed by atoms with Crippen molar-refractivity contribution in [2.24, 2.45) is 5.10 Å². The van der Waals surface area contributed by atoms with Gasteiger partial charge in [0.15, 0.2) is 5.11 Å². The normalized spacial score (nSPS) is 10.3. The summed E-state index contributed by atoms with van der Waals surface area (Å²) in [5.41, 5.74) is 5.94. The van der Waals surface area contributed by atoms with Crippen LogP contribution in [0, 0.1) is 0 Å². The highest BCUT2D eigenvalue weighted by atomic mass is 32.1. The van der Waals surface area contributed by atoms with E-state index in [-0.39, 0.29) is 0 Å². The van der Waals surface area contributed by atoms with Gasteiger partial charge in [-0.2, -0.15) is 5.10 Å². The molecular formula is C19H25N4S+. The molecule has 0 aromatic heterocycles. The van der Waals surface area contributed by atoms with Crippen LogP contribution in [-0.2, 0) is 0 Å². The summed E-state index contributed by atoms with van der Waals surface area (Å²) in [6, 6.07) is 20.2. The molecule has 0 unspecified atom stereocenters. The van der Waals surface area contributed by atoms with Gasteiger partial charge in [-0.3, -0.25) is 5.43 Å². The van der Waals surface area contributed by atoms with E-state index in [4.69, 9.17) is 12.2 Å². The van der Waals surface area contributed by atoms with Crippen LogP contribution in [-0.4, -0.2) is 38.0 Å². The fraction of sp³-hybridized carbons (Fsp3) is 0.263. The first-order chi connectivity index (χ1) is 11.7. The second-order valence-electron chi connectivity index (χ2n) is 5.87. The highest BCUT2D eigenvalue weighted by molar-refractivity contribution is 7.80. The molecule has 0 heterocycles. The van der Waals surface area contributed by atoms with Gasteiger partial charge in [0, 0.05) is 24.1 Å². The average Bonchev–Trinajstić information content (AvgIpc) is 2.61. The molecule has 0 saturated carbocycles. The first-order valence-electron chi connectivity index (χ1n) is 8.18. The van der Waals surface area contributed by atoms with E-state index in [0.29, 0.717) is 5.11 Å². The van der Waals surface area contributed by atoms with E-state index < -0.39 is 0 Å². The number of hydrogen-bond acceptors (Lipinski definition) is 2. The highest BCUT2D eigenvalue weighted by Crippen LogP contribution is 2.10. The Morgan fingerprint density at radius 1 is 0.958 bits per heavy atom. The van der Waals surface area contributed by atoms with Crippen LogP contribution in [0.4, 0.5) is 0 Å². The lowest BCUT2D eigenvalue weighted by Gasteiger charge is -2.11. The Kier molecular flexibility index (Phi) is 7.39. The molecule has 0 atom stereocenters. The maximum atomic E-state index is 5.32. The largest absolute Gasteiger partial charge is 0.361 e. The fourth-order valence-corrected chi connectivity index (χ4v) is 2.43. The van der Waals surface area contributed by atoms with Crippen LogP contribution < -0.4 is 15.6 Å². The monoisotopic (exact) mass is 341 g/mol. The van der Waals surface area contributed by atoms with Crippen molar-refractivity contribution in [2.75, 3.05) is 27.2 Å². The van der Waals surface area contributed by atoms with Crippen molar-refractivity contribution in [3.8, 4) is 0 Å². The standard InChI is InChI=1S/C19H24N4S/c1-23(2)15-9-14-20-19(24)22-21-18(16-10-5-3-6-11-16)17-12-7-4-8-13-17/h3-8,10-13H,9,14-15H2,1-2H3,(H2,20,22,24)/p+1. The Hall–Kier alpha value is -2.24. The van der Waals surface area contributed by atoms with E-state index in [9.17, 15) is 0 Å². The van der Waals surface area contributed by atoms with Crippen molar-refractivity contribution >= 4 is 23.0 Å². The summed E-state index contributed by atoms with van der Waals surface area (Å²) in [6.45, 7) is 1.96. The van der Waals surface area contributed by atoms with Crippen molar-refractivity contribution in [1.29, 1.82) is 0 Å². The third-order valence-electron chi connectivity index (χ3n) is 3.50. The Morgan fingerprint density at radius 3 is 2.00 bits per heavy atom. The van der Waals surface area contributed by atoms with Gasteiger partial charge in [0.05, 0.1) is 26.4 Å². The van der Waals surface area contributed by atoms with Gasteiger partial charge in [0.2, 0.25) is 0 Å². The summed E-state index contributed by atoms with van der Waals surface area (Å²) < 4.78 is 0. The summed E-state index contributed by atoms with van der Waals surface area (Å²) in [4.78, 5) is 1.43. The van der Waals surface area contributed by atoms with E-state index in [1.165, 1.54) is 4.90 Å². The zero-order chi connectivity index (χ0) is 17.2. The molecule has 2 aromatic carbocycles. The average molecular weight is 342 g/mol. The van der Waals surface area contributed by atoms with E-state index in [1.54, 1.807) is 0 Å². The predicted octanol–water partition coefficient (Wildman–Crippen LogP) is 1.44. The van der Waals surface area contributed by atoms with Gasteiger partial charge in [-0.15, -0.1) is 0 Å². The predicted molar refractivity (Wildman–Crippen MR) is 105 cm³/mol. The van der Waals surface area contributed by atoms with Gasteiger partial charge in [0.25, 0.3) is 0 Å². The van der Waals surface area contributed by atoms with Crippen LogP contribution in [0.15, 0.2) is 65.8 Å². The second kappa shape index (κ2) is 9.80. The summed E-state index contributed by atoms with van der Waals surface area (Å²) in [7, 11) is 4.29. The van der Waals surface area contributed by atoms with Crippen molar-refractivity contribution in [1.82, 2.24) is 10.7 Å². The number of thiocarbonyl (C=S) groups is 1. The Bertz CT molecular complexity index is 612. The van der Waals surface area contributed by atoms with Crippen LogP contribution in [0.2, 0.25) is 0 Å². The molecule has 2 aromatic rings. The number of nitrogens with one attached hydrogen (secondary N) is 3. The molecule has 0 radical (unpaired) electrons. The smallest absolute Gasteiger partial charge is 0.186 e. The maximum absolute atomic E-state index is 5.32. The summed E-state index contributed by atoms with van der Waals surface area (Å²) in [5.74, 6) is 0. The van der Waals surface area contributed by atoms with Crippen LogP contribution in [0.25, 0.3) is 0 Å². The number of rotatable bonds is 7. The van der Waals surface area contributed by atoms with Gasteiger partial charge in [-0.1, -0.05) is 60.7 Å². The zero-order valence-corrected chi connectivity index (χ0v) is 15.1. The van der Waals surface area contributed by atoms with E-state index in [0.717, 1.165) is 36.3 Å². The van der Waals surface area contributed by atoms with Crippen molar-refractivity contribution in [3.63, 3.8) is 0 Å². The van der Waals surface area contributed by atoms with E-state index in [2.05, 4.69) is 29.9 Å². The summed E-state index contributed by atoms with van der Waals surface area (Å²) >= 11 is 5.32. The molecule has 0 aliphatic carbocycles. The van der Waals surface area contributed by atoms with Crippen molar-refractivity contribution in [3.05, 3.63) is 71.8 Å². The van der Waals surface area contributed by atoms with Crippen molar-refractivity contribution in [2.45, 2.75) is 6.42 Å². The lowest BCUT2D eigenvalue weighted by molar-refractivity contribution is -0.858. The maximum Gasteiger partial charge on any atom is 0.186 e. The van der Waals surface area contributed by atoms with Crippen LogP contribution in [0.5, 0.6) is 0 Å². The minimum atomic E-state index is 0.549. The molecule has 24 heavy (non-hydrogen) atoms. The van der Waals surface area contributed by atoms with Crippen LogP contribution in [0.1, 0.15) is 17.5 Å². The third-order valence-corrected chi connectivity index (χ3v) is 3.74. The zero-order valence-electron chi connectivity index (χ0n) is 14.3. The molecule has 0 spiro atoms. The van der Waals surface area contributed by atoms with Gasteiger partial charge in [-0.25, -0.2) is 0 Å². The fourth-order valence-electron chi connectivity index (χ4n) is 2.28. The van der Waals surface area contributed by atoms with E-state index >= 15 is 0 Å². The number of hydrogen-bond donors (Lipinski definition) is 3. The molecule has 0 amide bonds. The van der Waals surface area contributed by atoms with Crippen LogP contribution >= 0.6 is 12.2 Å². The number of nitrogens with zero attached hydrogens (tertiary/aromatic N) is 1. The van der Waals surface area contributed by atoms with Gasteiger partial charge >= 0.3 is 0 Å². The molecule has 126 valence electrons. The molecule has 0 aliphatic rings. The minimum absolute atomic E-state index is 0.549. The Morgan fingerprint density at radius 2 is 1.50 bits per heavy atom. The summed E-state index contributed by atoms with van der Waals surface area (Å²) in [6.07, 6.45) is 1.07. The SMILES string of the molecule is C[NH+](C)CCCNC(=S)NN=C(c1ccccc1)c1ccccc1. The first-order valence-corrected chi connectivity index (χ1v) is 8.59. The second-order valence-corrected chi connectivity index (χ2v) is 6.28. The number of benzene rings is 2. The minimum Gasteiger partial charge on any atom is -0.361 e. The molecule has 0 bridgehead atoms. The molecule has 2 rings (SSSR count). The molecule has 4 nitrogen and oxygen atoms in total. The molecular weight excluding hydrogens is 316 g/mol. The molecule has 0 aliphatic heterocycles. The van der Waals surface area contributed by atoms with E-state index in [1.807, 2.05) is 60.7 Å². The number of hydrazone groups is 1. The first kappa shape index (κ1) is 18.1. The van der Waals surface area contributed by atoms with Crippen LogP contribution in [0.3, 0.4) is 0 Å². The van der Waals surface area contributed by atoms with Gasteiger partial charge in [0.1, 0.15) is 0 Å². The number of quaternary nitrogens is 1. The lowest BCUT2D eigenvalue weighted by atomic mass is 10.0. The van der Waals surface area contributed by atoms with Crippen molar-refractivity contribution < 1.29 is 4.90 Å². The molecule has 3 N–H and O–H groups in total. The third kappa shape index (κ3) is 6.10. The Balaban J connectivity index is 2.02. The van der Waals surface area contributed by atoms with Gasteiger partial charge in [-0.05, 0) is 12.2 Å². The van der Waals surface area contributed by atoms with Gasteiger partial charge < -0.3 is 10.2 Å². The highest BCUT2D eigenvalue weighted by Gasteiger charge is 2.06. The topological polar surface area (TPSA) is 40.9 Å². The quantitative estimate of drug-likeness (QED) is 0.309. The molecule has 0 fully saturated rings. The molecule has 5 heteroatoms.